The summed E-state index contributed by atoms with van der Waals surface area (Å²) in [7, 11) is 1.68. The summed E-state index contributed by atoms with van der Waals surface area (Å²) >= 11 is 11.6. The van der Waals surface area contributed by atoms with Crippen LogP contribution in [0.25, 0.3) is 0 Å². The number of rotatable bonds is 3. The molecule has 0 saturated heterocycles. The zero-order chi connectivity index (χ0) is 14.7. The zero-order valence-electron chi connectivity index (χ0n) is 10.4. The lowest BCUT2D eigenvalue weighted by atomic mass is 10.2. The highest BCUT2D eigenvalue weighted by atomic mass is 35.5. The normalized spacial score (nSPS) is 10.2. The first kappa shape index (κ1) is 14.6. The molecule has 0 bridgehead atoms. The molecule has 0 aliphatic rings. The Labute approximate surface area is 124 Å². The fraction of sp³-hybridized carbons (Fsp3) is 0.0769. The third kappa shape index (κ3) is 3.18. The van der Waals surface area contributed by atoms with Gasteiger partial charge in [-0.2, -0.15) is 0 Å². The van der Waals surface area contributed by atoms with E-state index in [9.17, 15) is 9.18 Å². The van der Waals surface area contributed by atoms with Gasteiger partial charge in [-0.3, -0.25) is 4.79 Å². The Morgan fingerprint density at radius 3 is 2.60 bits per heavy atom. The molecule has 20 heavy (non-hydrogen) atoms. The van der Waals surface area contributed by atoms with Crippen molar-refractivity contribution in [2.45, 2.75) is 0 Å². The molecule has 1 aromatic carbocycles. The summed E-state index contributed by atoms with van der Waals surface area (Å²) in [4.78, 5) is 16.1. The van der Waals surface area contributed by atoms with Gasteiger partial charge in [0.1, 0.15) is 17.3 Å². The Morgan fingerprint density at radius 2 is 1.95 bits per heavy atom. The summed E-state index contributed by atoms with van der Waals surface area (Å²) < 4.78 is 13.0. The highest BCUT2D eigenvalue weighted by Crippen LogP contribution is 2.21. The van der Waals surface area contributed by atoms with Crippen LogP contribution in [0, 0.1) is 5.82 Å². The monoisotopic (exact) mass is 313 g/mol. The van der Waals surface area contributed by atoms with Crippen molar-refractivity contribution in [2.24, 2.45) is 0 Å². The minimum Gasteiger partial charge on any atom is -0.373 e. The number of nitrogens with zero attached hydrogens (tertiary/aromatic N) is 1. The van der Waals surface area contributed by atoms with Crippen LogP contribution in [0.4, 0.5) is 15.9 Å². The highest BCUT2D eigenvalue weighted by Gasteiger charge is 2.14. The van der Waals surface area contributed by atoms with Crippen molar-refractivity contribution in [3.8, 4) is 0 Å². The average Bonchev–Trinajstić information content (AvgIpc) is 2.43. The third-order valence-corrected chi connectivity index (χ3v) is 3.09. The molecule has 0 aliphatic heterocycles. The third-order valence-electron chi connectivity index (χ3n) is 2.49. The minimum absolute atomic E-state index is 0.0685. The first-order valence-electron chi connectivity index (χ1n) is 5.62. The van der Waals surface area contributed by atoms with Crippen molar-refractivity contribution in [1.82, 2.24) is 4.98 Å². The van der Waals surface area contributed by atoms with Crippen molar-refractivity contribution < 1.29 is 9.18 Å². The predicted octanol–water partition coefficient (Wildman–Crippen LogP) is 3.82. The number of benzene rings is 1. The van der Waals surface area contributed by atoms with Gasteiger partial charge in [-0.05, 0) is 30.3 Å². The first-order valence-corrected chi connectivity index (χ1v) is 6.37. The molecule has 4 nitrogen and oxygen atoms in total. The predicted molar refractivity (Wildman–Crippen MR) is 78.2 cm³/mol. The Morgan fingerprint density at radius 1 is 1.20 bits per heavy atom. The molecular weight excluding hydrogens is 304 g/mol. The van der Waals surface area contributed by atoms with Crippen molar-refractivity contribution >= 4 is 40.6 Å². The summed E-state index contributed by atoms with van der Waals surface area (Å²) in [6, 6.07) is 7.08. The number of hydrogen-bond acceptors (Lipinski definition) is 3. The Kier molecular flexibility index (Phi) is 4.42. The standard InChI is InChI=1S/C13H10Cl2FN3O/c1-17-11-5-3-8(14)12(19-11)13(20)18-7-2-4-10(16)9(15)6-7/h2-6H,1H3,(H,17,19)(H,18,20). The lowest BCUT2D eigenvalue weighted by molar-refractivity contribution is 0.102. The number of aromatic nitrogens is 1. The molecule has 1 amide bonds. The minimum atomic E-state index is -0.557. The van der Waals surface area contributed by atoms with Crippen LogP contribution in [-0.4, -0.2) is 17.9 Å². The number of halogens is 3. The topological polar surface area (TPSA) is 54.0 Å². The highest BCUT2D eigenvalue weighted by molar-refractivity contribution is 6.34. The maximum absolute atomic E-state index is 13.0. The summed E-state index contributed by atoms with van der Waals surface area (Å²) in [6.07, 6.45) is 0. The second-order valence-electron chi connectivity index (χ2n) is 3.86. The molecule has 0 radical (unpaired) electrons. The van der Waals surface area contributed by atoms with Gasteiger partial charge >= 0.3 is 0 Å². The number of nitrogens with one attached hydrogen (secondary N) is 2. The zero-order valence-corrected chi connectivity index (χ0v) is 11.9. The Hall–Kier alpha value is -1.85. The number of carbonyl (C=O) groups is 1. The van der Waals surface area contributed by atoms with E-state index in [0.717, 1.165) is 6.07 Å². The van der Waals surface area contributed by atoms with Crippen molar-refractivity contribution in [1.29, 1.82) is 0 Å². The van der Waals surface area contributed by atoms with Gasteiger partial charge in [0.05, 0.1) is 10.0 Å². The van der Waals surface area contributed by atoms with E-state index in [4.69, 9.17) is 23.2 Å². The van der Waals surface area contributed by atoms with Crippen LogP contribution in [0.2, 0.25) is 10.0 Å². The van der Waals surface area contributed by atoms with Gasteiger partial charge in [0, 0.05) is 12.7 Å². The van der Waals surface area contributed by atoms with Crippen molar-refractivity contribution in [3.05, 3.63) is 51.9 Å². The van der Waals surface area contributed by atoms with E-state index in [1.54, 1.807) is 19.2 Å². The molecular formula is C13H10Cl2FN3O. The Balaban J connectivity index is 2.25. The van der Waals surface area contributed by atoms with Crippen LogP contribution in [0.15, 0.2) is 30.3 Å². The van der Waals surface area contributed by atoms with Crippen LogP contribution in [-0.2, 0) is 0 Å². The van der Waals surface area contributed by atoms with E-state index in [1.807, 2.05) is 0 Å². The SMILES string of the molecule is CNc1ccc(Cl)c(C(=O)Nc2ccc(F)c(Cl)c2)n1. The summed E-state index contributed by atoms with van der Waals surface area (Å²) in [5, 5.41) is 5.50. The molecule has 0 unspecified atom stereocenters. The van der Waals surface area contributed by atoms with Crippen LogP contribution in [0.5, 0.6) is 0 Å². The van der Waals surface area contributed by atoms with Crippen molar-refractivity contribution in [3.63, 3.8) is 0 Å². The van der Waals surface area contributed by atoms with Crippen molar-refractivity contribution in [2.75, 3.05) is 17.7 Å². The smallest absolute Gasteiger partial charge is 0.275 e. The number of carbonyl (C=O) groups excluding carboxylic acids is 1. The second-order valence-corrected chi connectivity index (χ2v) is 4.67. The first-order chi connectivity index (χ1) is 9.51. The molecule has 0 fully saturated rings. The van der Waals surface area contributed by atoms with Crippen LogP contribution in [0.1, 0.15) is 10.5 Å². The van der Waals surface area contributed by atoms with Crippen LogP contribution in [0.3, 0.4) is 0 Å². The maximum Gasteiger partial charge on any atom is 0.275 e. The molecule has 1 aromatic heterocycles. The van der Waals surface area contributed by atoms with Crippen LogP contribution < -0.4 is 10.6 Å². The van der Waals surface area contributed by atoms with Gasteiger partial charge in [0.15, 0.2) is 0 Å². The molecule has 104 valence electrons. The fourth-order valence-corrected chi connectivity index (χ4v) is 1.88. The quantitative estimate of drug-likeness (QED) is 0.905. The van der Waals surface area contributed by atoms with E-state index in [1.165, 1.54) is 12.1 Å². The maximum atomic E-state index is 13.0. The van der Waals surface area contributed by atoms with E-state index >= 15 is 0 Å². The van der Waals surface area contributed by atoms with Gasteiger partial charge in [0.2, 0.25) is 0 Å². The molecule has 0 aliphatic carbocycles. The summed E-state index contributed by atoms with van der Waals surface area (Å²) in [5.41, 5.74) is 0.424. The lowest BCUT2D eigenvalue weighted by Gasteiger charge is -2.08. The molecule has 1 heterocycles. The van der Waals surface area contributed by atoms with E-state index in [0.29, 0.717) is 11.5 Å². The molecule has 2 N–H and O–H groups in total. The van der Waals surface area contributed by atoms with Gasteiger partial charge in [-0.15, -0.1) is 0 Å². The molecule has 0 saturated carbocycles. The summed E-state index contributed by atoms with van der Waals surface area (Å²) in [6.45, 7) is 0. The molecule has 0 atom stereocenters. The summed E-state index contributed by atoms with van der Waals surface area (Å²) in [5.74, 6) is -0.551. The largest absolute Gasteiger partial charge is 0.373 e. The van der Waals surface area contributed by atoms with E-state index in [-0.39, 0.29) is 15.7 Å². The number of anilines is 2. The van der Waals surface area contributed by atoms with Gasteiger partial charge in [0.25, 0.3) is 5.91 Å². The average molecular weight is 314 g/mol. The van der Waals surface area contributed by atoms with E-state index < -0.39 is 11.7 Å². The number of hydrogen-bond donors (Lipinski definition) is 2. The molecule has 2 rings (SSSR count). The van der Waals surface area contributed by atoms with Gasteiger partial charge < -0.3 is 10.6 Å². The molecule has 2 aromatic rings. The van der Waals surface area contributed by atoms with Crippen LogP contribution >= 0.6 is 23.2 Å². The number of pyridine rings is 1. The van der Waals surface area contributed by atoms with E-state index in [2.05, 4.69) is 15.6 Å². The Bertz CT molecular complexity index is 664. The van der Waals surface area contributed by atoms with Gasteiger partial charge in [-0.25, -0.2) is 9.37 Å². The second kappa shape index (κ2) is 6.07. The lowest BCUT2D eigenvalue weighted by Crippen LogP contribution is -2.15. The molecule has 0 spiro atoms. The van der Waals surface area contributed by atoms with Gasteiger partial charge in [-0.1, -0.05) is 23.2 Å². The molecule has 7 heteroatoms. The number of amides is 1. The fourth-order valence-electron chi connectivity index (χ4n) is 1.50.